The average Bonchev–Trinajstić information content (AvgIpc) is 2.74. The summed E-state index contributed by atoms with van der Waals surface area (Å²) in [6.45, 7) is 5.06. The van der Waals surface area contributed by atoms with E-state index < -0.39 is 28.6 Å². The maximum Gasteiger partial charge on any atom is 0.278 e. The molecule has 11 heteroatoms. The smallest absolute Gasteiger partial charge is 0.278 e. The van der Waals surface area contributed by atoms with Crippen molar-refractivity contribution in [3.8, 4) is 11.3 Å². The molecule has 9 nitrogen and oxygen atoms in total. The Morgan fingerprint density at radius 3 is 2.36 bits per heavy atom. The SMILES string of the molecule is CCO[P@](C)(=O)CS(=O)(=O)c1ccc(NC(=O)c2nc(-c3ccc(C)cc3)cnc2N)cc1. The molecule has 1 aromatic heterocycles. The standard InChI is InChI=1S/C22H25N4O5PS/c1-4-31-32(3,28)14-33(29,30)18-11-9-17(10-12-18)25-22(27)20-21(23)24-13-19(26-20)16-7-5-15(2)6-8-16/h5-13H,4,14H2,1-3H3,(H2,23,24)(H,25,27)/t32-/m0/s1. The van der Waals surface area contributed by atoms with Crippen molar-refractivity contribution in [2.45, 2.75) is 18.7 Å². The molecular formula is C22H25N4O5PS. The second kappa shape index (κ2) is 9.82. The number of nitrogens with zero attached hydrogens (tertiary/aromatic N) is 2. The zero-order chi connectivity index (χ0) is 24.2. The highest BCUT2D eigenvalue weighted by molar-refractivity contribution is 7.98. The maximum absolute atomic E-state index is 12.7. The summed E-state index contributed by atoms with van der Waals surface area (Å²) in [5, 5.41) is 2.64. The van der Waals surface area contributed by atoms with Gasteiger partial charge in [0.15, 0.2) is 21.3 Å². The number of nitrogens with two attached hydrogens (primary N) is 1. The molecule has 1 heterocycles. The number of aryl methyl sites for hydroxylation is 1. The van der Waals surface area contributed by atoms with Gasteiger partial charge in [-0.1, -0.05) is 29.8 Å². The van der Waals surface area contributed by atoms with Crippen molar-refractivity contribution in [3.63, 3.8) is 0 Å². The number of anilines is 2. The Kier molecular flexibility index (Phi) is 7.31. The molecule has 0 saturated carbocycles. The van der Waals surface area contributed by atoms with E-state index >= 15 is 0 Å². The first-order valence-corrected chi connectivity index (χ1v) is 14.0. The van der Waals surface area contributed by atoms with Crippen LogP contribution in [0.25, 0.3) is 11.3 Å². The molecule has 3 N–H and O–H groups in total. The number of benzene rings is 2. The Labute approximate surface area is 192 Å². The lowest BCUT2D eigenvalue weighted by Gasteiger charge is -2.13. The van der Waals surface area contributed by atoms with E-state index in [1.807, 2.05) is 31.2 Å². The molecule has 0 spiro atoms. The van der Waals surface area contributed by atoms with E-state index in [1.165, 1.54) is 37.1 Å². The first-order chi connectivity index (χ1) is 15.5. The van der Waals surface area contributed by atoms with Gasteiger partial charge < -0.3 is 15.6 Å². The Morgan fingerprint density at radius 1 is 1.12 bits per heavy atom. The Morgan fingerprint density at radius 2 is 1.76 bits per heavy atom. The molecule has 0 bridgehead atoms. The molecule has 174 valence electrons. The van der Waals surface area contributed by atoms with Gasteiger partial charge in [0, 0.05) is 17.9 Å². The predicted molar refractivity (Wildman–Crippen MR) is 128 cm³/mol. The van der Waals surface area contributed by atoms with Crippen LogP contribution in [-0.2, 0) is 18.9 Å². The Bertz CT molecular complexity index is 1310. The normalized spacial score (nSPS) is 13.3. The van der Waals surface area contributed by atoms with Gasteiger partial charge in [-0.15, -0.1) is 0 Å². The topological polar surface area (TPSA) is 141 Å². The number of carbonyl (C=O) groups excluding carboxylic acids is 1. The maximum atomic E-state index is 12.7. The quantitative estimate of drug-likeness (QED) is 0.454. The van der Waals surface area contributed by atoms with Gasteiger partial charge >= 0.3 is 0 Å². The van der Waals surface area contributed by atoms with Crippen molar-refractivity contribution in [1.82, 2.24) is 9.97 Å². The summed E-state index contributed by atoms with van der Waals surface area (Å²) in [4.78, 5) is 21.1. The van der Waals surface area contributed by atoms with E-state index in [4.69, 9.17) is 10.3 Å². The number of carbonyl (C=O) groups is 1. The highest BCUT2D eigenvalue weighted by atomic mass is 32.2. The van der Waals surface area contributed by atoms with Crippen molar-refractivity contribution in [2.75, 3.05) is 29.8 Å². The van der Waals surface area contributed by atoms with Crippen molar-refractivity contribution in [2.24, 2.45) is 0 Å². The largest absolute Gasteiger partial charge is 0.382 e. The summed E-state index contributed by atoms with van der Waals surface area (Å²) < 4.78 is 42.4. The zero-order valence-corrected chi connectivity index (χ0v) is 20.2. The molecule has 0 radical (unpaired) electrons. The molecule has 2 aromatic carbocycles. The first-order valence-electron chi connectivity index (χ1n) is 10.1. The van der Waals surface area contributed by atoms with Gasteiger partial charge in [0.1, 0.15) is 5.49 Å². The van der Waals surface area contributed by atoms with Gasteiger partial charge in [-0.3, -0.25) is 9.36 Å². The highest BCUT2D eigenvalue weighted by Crippen LogP contribution is 2.44. The second-order valence-electron chi connectivity index (χ2n) is 7.51. The van der Waals surface area contributed by atoms with Gasteiger partial charge in [-0.25, -0.2) is 18.4 Å². The van der Waals surface area contributed by atoms with Crippen molar-refractivity contribution >= 4 is 34.6 Å². The lowest BCUT2D eigenvalue weighted by molar-refractivity contribution is 0.102. The molecule has 0 aliphatic carbocycles. The first kappa shape index (κ1) is 24.6. The third-order valence-electron chi connectivity index (χ3n) is 4.64. The second-order valence-corrected chi connectivity index (χ2v) is 12.5. The Balaban J connectivity index is 1.78. The minimum Gasteiger partial charge on any atom is -0.382 e. The van der Waals surface area contributed by atoms with Crippen LogP contribution in [0.4, 0.5) is 11.5 Å². The van der Waals surface area contributed by atoms with Gasteiger partial charge in [-0.05, 0) is 38.1 Å². The predicted octanol–water partition coefficient (Wildman–Crippen LogP) is 3.96. The van der Waals surface area contributed by atoms with Crippen LogP contribution >= 0.6 is 7.37 Å². The zero-order valence-electron chi connectivity index (χ0n) is 18.5. The molecule has 1 amide bonds. The van der Waals surface area contributed by atoms with Crippen molar-refractivity contribution in [1.29, 1.82) is 0 Å². The molecule has 0 unspecified atom stereocenters. The molecule has 0 aliphatic heterocycles. The number of rotatable bonds is 8. The van der Waals surface area contributed by atoms with Crippen LogP contribution in [-0.4, -0.2) is 43.1 Å². The van der Waals surface area contributed by atoms with Crippen molar-refractivity contribution < 1.29 is 22.3 Å². The van der Waals surface area contributed by atoms with Crippen molar-refractivity contribution in [3.05, 3.63) is 66.0 Å². The van der Waals surface area contributed by atoms with Crippen LogP contribution in [0.15, 0.2) is 59.6 Å². The number of hydrogen-bond donors (Lipinski definition) is 2. The van der Waals surface area contributed by atoms with Gasteiger partial charge in [0.2, 0.25) is 7.37 Å². The minimum atomic E-state index is -3.83. The molecule has 1 atom stereocenters. The number of aromatic nitrogens is 2. The number of amides is 1. The minimum absolute atomic E-state index is 0.0250. The fourth-order valence-corrected chi connectivity index (χ4v) is 7.52. The monoisotopic (exact) mass is 488 g/mol. The van der Waals surface area contributed by atoms with Gasteiger partial charge in [-0.2, -0.15) is 0 Å². The lowest BCUT2D eigenvalue weighted by atomic mass is 10.1. The van der Waals surface area contributed by atoms with E-state index in [2.05, 4.69) is 15.3 Å². The number of hydrogen-bond acceptors (Lipinski definition) is 8. The Hall–Kier alpha value is -3.07. The summed E-state index contributed by atoms with van der Waals surface area (Å²) >= 11 is 0. The summed E-state index contributed by atoms with van der Waals surface area (Å²) in [5.41, 5.74) is 7.92. The van der Waals surface area contributed by atoms with Crippen LogP contribution in [0.2, 0.25) is 0 Å². The fraction of sp³-hybridized carbons (Fsp3) is 0.227. The summed E-state index contributed by atoms with van der Waals surface area (Å²) in [6.07, 6.45) is 1.49. The lowest BCUT2D eigenvalue weighted by Crippen LogP contribution is -2.17. The molecule has 33 heavy (non-hydrogen) atoms. The highest BCUT2D eigenvalue weighted by Gasteiger charge is 2.27. The van der Waals surface area contributed by atoms with E-state index in [9.17, 15) is 17.8 Å². The van der Waals surface area contributed by atoms with Crippen LogP contribution in [0, 0.1) is 6.92 Å². The van der Waals surface area contributed by atoms with Crippen LogP contribution in [0.5, 0.6) is 0 Å². The third kappa shape index (κ3) is 6.25. The number of nitrogen functional groups attached to an aromatic ring is 1. The molecule has 3 rings (SSSR count). The molecular weight excluding hydrogens is 463 g/mol. The average molecular weight is 489 g/mol. The van der Waals surface area contributed by atoms with E-state index in [-0.39, 0.29) is 23.0 Å². The van der Waals surface area contributed by atoms with Crippen LogP contribution < -0.4 is 11.1 Å². The van der Waals surface area contributed by atoms with Crippen LogP contribution in [0.1, 0.15) is 23.0 Å². The summed E-state index contributed by atoms with van der Waals surface area (Å²) in [6, 6.07) is 13.1. The van der Waals surface area contributed by atoms with E-state index in [0.717, 1.165) is 11.1 Å². The molecule has 0 aliphatic rings. The summed E-state index contributed by atoms with van der Waals surface area (Å²) in [5.74, 6) is -0.615. The van der Waals surface area contributed by atoms with E-state index in [0.29, 0.717) is 11.4 Å². The molecule has 0 fully saturated rings. The van der Waals surface area contributed by atoms with Crippen LogP contribution in [0.3, 0.4) is 0 Å². The number of nitrogens with one attached hydrogen (secondary N) is 1. The van der Waals surface area contributed by atoms with Gasteiger partial charge in [0.05, 0.1) is 23.4 Å². The summed E-state index contributed by atoms with van der Waals surface area (Å²) in [7, 11) is -7.11. The van der Waals surface area contributed by atoms with Gasteiger partial charge in [0.25, 0.3) is 5.91 Å². The fourth-order valence-electron chi connectivity index (χ4n) is 3.06. The third-order valence-corrected chi connectivity index (χ3v) is 9.67. The molecule has 3 aromatic rings. The van der Waals surface area contributed by atoms with E-state index in [1.54, 1.807) is 6.92 Å². The number of sulfone groups is 1. The molecule has 0 saturated heterocycles.